The average molecular weight is 265 g/mol. The van der Waals surface area contributed by atoms with Crippen molar-refractivity contribution in [3.63, 3.8) is 0 Å². The Hall–Kier alpha value is -0.470. The molecule has 0 aliphatic rings. The molecule has 0 spiro atoms. The monoisotopic (exact) mass is 265 g/mol. The molecule has 7 heteroatoms. The highest BCUT2D eigenvalue weighted by molar-refractivity contribution is 7.91. The van der Waals surface area contributed by atoms with Gasteiger partial charge in [-0.15, -0.1) is 11.3 Å². The number of aryl methyl sites for hydroxylation is 1. The summed E-state index contributed by atoms with van der Waals surface area (Å²) in [6.45, 7) is 1.58. The summed E-state index contributed by atoms with van der Waals surface area (Å²) in [6, 6.07) is 1.59. The first-order valence-electron chi connectivity index (χ1n) is 4.79. The van der Waals surface area contributed by atoms with Gasteiger partial charge in [-0.25, -0.2) is 13.1 Å². The van der Waals surface area contributed by atoms with Gasteiger partial charge in [0.25, 0.3) is 0 Å². The van der Waals surface area contributed by atoms with Crippen LogP contribution in [0.2, 0.25) is 0 Å². The van der Waals surface area contributed by atoms with E-state index in [0.717, 1.165) is 16.9 Å². The molecular weight excluding hydrogens is 250 g/mol. The van der Waals surface area contributed by atoms with Gasteiger partial charge in [-0.1, -0.05) is 0 Å². The molecule has 1 atom stereocenters. The van der Waals surface area contributed by atoms with Gasteiger partial charge in [0.1, 0.15) is 4.21 Å². The van der Waals surface area contributed by atoms with Crippen molar-refractivity contribution >= 4 is 21.4 Å². The van der Waals surface area contributed by atoms with Crippen LogP contribution in [0.25, 0.3) is 0 Å². The van der Waals surface area contributed by atoms with E-state index in [-0.39, 0.29) is 23.8 Å². The molecule has 1 heterocycles. The molecule has 0 bridgehead atoms. The lowest BCUT2D eigenvalue weighted by atomic mass is 10.3. The van der Waals surface area contributed by atoms with Gasteiger partial charge >= 0.3 is 0 Å². The summed E-state index contributed by atoms with van der Waals surface area (Å²) < 4.78 is 26.0. The highest BCUT2D eigenvalue weighted by Crippen LogP contribution is 2.18. The third-order valence-corrected chi connectivity index (χ3v) is 4.97. The van der Waals surface area contributed by atoms with E-state index in [9.17, 15) is 8.42 Å². The molecule has 0 aromatic carbocycles. The maximum atomic E-state index is 11.7. The highest BCUT2D eigenvalue weighted by atomic mass is 32.2. The van der Waals surface area contributed by atoms with Crippen LogP contribution in [0.3, 0.4) is 0 Å². The molecule has 1 rings (SSSR count). The van der Waals surface area contributed by atoms with E-state index in [1.54, 1.807) is 11.4 Å². The van der Waals surface area contributed by atoms with Crippen LogP contribution in [0.15, 0.2) is 15.7 Å². The molecule has 1 aromatic heterocycles. The van der Waals surface area contributed by atoms with Gasteiger partial charge in [0.2, 0.25) is 10.0 Å². The van der Waals surface area contributed by atoms with E-state index >= 15 is 0 Å². The van der Waals surface area contributed by atoms with E-state index < -0.39 is 16.1 Å². The molecule has 3 N–H and O–H groups in total. The van der Waals surface area contributed by atoms with E-state index in [2.05, 4.69) is 4.72 Å². The van der Waals surface area contributed by atoms with Crippen LogP contribution in [0.1, 0.15) is 12.0 Å². The minimum atomic E-state index is -3.47. The van der Waals surface area contributed by atoms with Gasteiger partial charge in [-0.05, 0) is 30.4 Å². The van der Waals surface area contributed by atoms with E-state index in [1.165, 1.54) is 0 Å². The van der Waals surface area contributed by atoms with Crippen molar-refractivity contribution in [2.45, 2.75) is 23.7 Å². The molecule has 0 aliphatic heterocycles. The van der Waals surface area contributed by atoms with E-state index in [0.29, 0.717) is 0 Å². The van der Waals surface area contributed by atoms with Gasteiger partial charge in [-0.2, -0.15) is 0 Å². The molecule has 0 amide bonds. The number of aliphatic hydroxyl groups is 2. The fraction of sp³-hybridized carbons (Fsp3) is 0.556. The molecule has 0 unspecified atom stereocenters. The van der Waals surface area contributed by atoms with E-state index in [4.69, 9.17) is 10.2 Å². The second-order valence-electron chi connectivity index (χ2n) is 3.47. The predicted molar refractivity (Wildman–Crippen MR) is 62.0 cm³/mol. The van der Waals surface area contributed by atoms with Crippen molar-refractivity contribution < 1.29 is 18.6 Å². The average Bonchev–Trinajstić information content (AvgIpc) is 2.65. The molecule has 0 saturated heterocycles. The first-order valence-corrected chi connectivity index (χ1v) is 7.15. The topological polar surface area (TPSA) is 86.6 Å². The predicted octanol–water partition coefficient (Wildman–Crippen LogP) is 0.0781. The number of sulfonamides is 1. The Morgan fingerprint density at radius 1 is 1.56 bits per heavy atom. The van der Waals surface area contributed by atoms with Gasteiger partial charge < -0.3 is 10.2 Å². The van der Waals surface area contributed by atoms with Crippen LogP contribution in [-0.2, 0) is 10.0 Å². The zero-order chi connectivity index (χ0) is 12.2. The molecule has 1 aromatic rings. The Bertz CT molecular complexity index is 426. The Morgan fingerprint density at radius 3 is 2.75 bits per heavy atom. The summed E-state index contributed by atoms with van der Waals surface area (Å²) in [5.41, 5.74) is 0.903. The van der Waals surface area contributed by atoms with Crippen molar-refractivity contribution in [2.24, 2.45) is 0 Å². The Balaban J connectivity index is 2.53. The molecular formula is C9H15NO4S2. The number of hydrogen-bond acceptors (Lipinski definition) is 5. The van der Waals surface area contributed by atoms with Crippen molar-refractivity contribution in [3.8, 4) is 0 Å². The summed E-state index contributed by atoms with van der Waals surface area (Å²) >= 11 is 1.16. The van der Waals surface area contributed by atoms with Crippen LogP contribution < -0.4 is 4.72 Å². The fourth-order valence-electron chi connectivity index (χ4n) is 1.07. The van der Waals surface area contributed by atoms with Crippen molar-refractivity contribution in [1.29, 1.82) is 0 Å². The highest BCUT2D eigenvalue weighted by Gasteiger charge is 2.15. The van der Waals surface area contributed by atoms with Crippen LogP contribution >= 0.6 is 11.3 Å². The first kappa shape index (κ1) is 13.6. The number of rotatable bonds is 6. The zero-order valence-electron chi connectivity index (χ0n) is 8.88. The van der Waals surface area contributed by atoms with Crippen LogP contribution in [-0.4, -0.2) is 37.9 Å². The second-order valence-corrected chi connectivity index (χ2v) is 6.37. The quantitative estimate of drug-likeness (QED) is 0.680. The van der Waals surface area contributed by atoms with Crippen molar-refractivity contribution in [2.75, 3.05) is 13.2 Å². The Kier molecular flexibility index (Phi) is 4.88. The Morgan fingerprint density at radius 2 is 2.25 bits per heavy atom. The standard InChI is InChI=1S/C9H15NO4S2/c1-7-4-9(15-6-7)16(13,14)10-3-2-8(12)5-11/h4,6,8,10-12H,2-3,5H2,1H3/t8-/m0/s1. The van der Waals surface area contributed by atoms with Crippen molar-refractivity contribution in [1.82, 2.24) is 4.72 Å². The summed E-state index contributed by atoms with van der Waals surface area (Å²) in [4.78, 5) is 0. The SMILES string of the molecule is Cc1csc(S(=O)(=O)NCC[C@H](O)CO)c1. The summed E-state index contributed by atoms with van der Waals surface area (Å²) in [7, 11) is -3.47. The first-order chi connectivity index (χ1) is 7.45. The summed E-state index contributed by atoms with van der Waals surface area (Å²) in [6.07, 6.45) is -0.687. The lowest BCUT2D eigenvalue weighted by Gasteiger charge is -2.07. The third-order valence-electron chi connectivity index (χ3n) is 1.95. The normalized spacial score (nSPS) is 13.9. The van der Waals surface area contributed by atoms with E-state index in [1.807, 2.05) is 6.92 Å². The van der Waals surface area contributed by atoms with Gasteiger partial charge in [0.05, 0.1) is 12.7 Å². The smallest absolute Gasteiger partial charge is 0.250 e. The minimum Gasteiger partial charge on any atom is -0.394 e. The lowest BCUT2D eigenvalue weighted by molar-refractivity contribution is 0.0895. The molecule has 0 radical (unpaired) electrons. The minimum absolute atomic E-state index is 0.112. The maximum Gasteiger partial charge on any atom is 0.250 e. The molecule has 0 aliphatic carbocycles. The van der Waals surface area contributed by atoms with Crippen LogP contribution in [0, 0.1) is 6.92 Å². The van der Waals surface area contributed by atoms with Crippen LogP contribution in [0.4, 0.5) is 0 Å². The summed E-state index contributed by atoms with van der Waals surface area (Å²) in [5, 5.41) is 19.4. The summed E-state index contributed by atoms with van der Waals surface area (Å²) in [5.74, 6) is 0. The molecule has 0 fully saturated rings. The van der Waals surface area contributed by atoms with Gasteiger partial charge in [0.15, 0.2) is 0 Å². The molecule has 16 heavy (non-hydrogen) atoms. The van der Waals surface area contributed by atoms with Crippen LogP contribution in [0.5, 0.6) is 0 Å². The Labute approximate surface area is 98.8 Å². The third kappa shape index (κ3) is 3.84. The molecule has 5 nitrogen and oxygen atoms in total. The molecule has 92 valence electrons. The number of aliphatic hydroxyl groups excluding tert-OH is 2. The van der Waals surface area contributed by atoms with Gasteiger partial charge in [-0.3, -0.25) is 0 Å². The van der Waals surface area contributed by atoms with Crippen molar-refractivity contribution in [3.05, 3.63) is 17.0 Å². The number of nitrogens with one attached hydrogen (secondary N) is 1. The molecule has 0 saturated carbocycles. The number of thiophene rings is 1. The lowest BCUT2D eigenvalue weighted by Crippen LogP contribution is -2.27. The second kappa shape index (κ2) is 5.74. The van der Waals surface area contributed by atoms with Gasteiger partial charge in [0, 0.05) is 6.54 Å². The fourth-order valence-corrected chi connectivity index (χ4v) is 3.39. The maximum absolute atomic E-state index is 11.7. The zero-order valence-corrected chi connectivity index (χ0v) is 10.5. The number of hydrogen-bond donors (Lipinski definition) is 3. The largest absolute Gasteiger partial charge is 0.394 e.